The molecular weight excluding hydrogens is 438 g/mol. The maximum absolute atomic E-state index is 13.6. The molecule has 2 aliphatic heterocycles. The van der Waals surface area contributed by atoms with Gasteiger partial charge in [0, 0.05) is 31.0 Å². The number of fused-ring (bicyclic) bond motifs is 1. The third kappa shape index (κ3) is 4.00. The fourth-order valence-electron chi connectivity index (χ4n) is 4.53. The highest BCUT2D eigenvalue weighted by molar-refractivity contribution is 6.44. The maximum atomic E-state index is 13.6. The van der Waals surface area contributed by atoms with Crippen LogP contribution in [0.1, 0.15) is 28.4 Å². The van der Waals surface area contributed by atoms with E-state index >= 15 is 0 Å². The number of likely N-dealkylation sites (tertiary alicyclic amines) is 1. The van der Waals surface area contributed by atoms with Crippen LogP contribution in [0.15, 0.2) is 61.2 Å². The molecular formula is C25H23N3O6. The fourth-order valence-corrected chi connectivity index (χ4v) is 4.53. The van der Waals surface area contributed by atoms with Crippen LogP contribution in [0.5, 0.6) is 17.2 Å². The molecule has 0 aliphatic carbocycles. The maximum Gasteiger partial charge on any atom is 0.291 e. The van der Waals surface area contributed by atoms with E-state index in [1.165, 1.54) is 17.0 Å². The van der Waals surface area contributed by atoms with Crippen LogP contribution in [0.2, 0.25) is 0 Å². The second-order valence-corrected chi connectivity index (χ2v) is 8.26. The second kappa shape index (κ2) is 9.01. The lowest BCUT2D eigenvalue weighted by Crippen LogP contribution is -2.32. The van der Waals surface area contributed by atoms with Crippen molar-refractivity contribution >= 4 is 17.5 Å². The Kier molecular flexibility index (Phi) is 5.75. The van der Waals surface area contributed by atoms with Gasteiger partial charge in [0.15, 0.2) is 17.3 Å². The van der Waals surface area contributed by atoms with Crippen molar-refractivity contribution in [1.82, 2.24) is 14.5 Å². The Morgan fingerprint density at radius 3 is 2.65 bits per heavy atom. The van der Waals surface area contributed by atoms with Gasteiger partial charge in [-0.1, -0.05) is 12.1 Å². The largest absolute Gasteiger partial charge is 0.508 e. The Hall–Kier alpha value is -4.14. The number of ketones is 2. The molecule has 3 heterocycles. The molecule has 174 valence electrons. The van der Waals surface area contributed by atoms with E-state index in [0.717, 1.165) is 0 Å². The van der Waals surface area contributed by atoms with Crippen molar-refractivity contribution in [3.63, 3.8) is 0 Å². The number of aromatic nitrogens is 2. The van der Waals surface area contributed by atoms with E-state index in [4.69, 9.17) is 9.47 Å². The summed E-state index contributed by atoms with van der Waals surface area (Å²) in [6, 6.07) is 10.3. The standard InChI is InChI=1S/C25H23N3O6/c29-18-4-1-3-16(13-18)22-21(23(30)17-5-6-19-20(14-17)34-12-11-33-19)24(31)25(32)28(22)9-2-8-27-10-7-26-15-27/h1,3-7,10,13-15,21-22,29H,2,8-9,11-12H2. The number of phenolic OH excluding ortho intramolecular Hbond substituents is 1. The van der Waals surface area contributed by atoms with Gasteiger partial charge in [-0.25, -0.2) is 4.98 Å². The molecule has 2 aliphatic rings. The molecule has 9 heteroatoms. The first kappa shape index (κ1) is 21.7. The normalized spacial score (nSPS) is 19.5. The smallest absolute Gasteiger partial charge is 0.291 e. The predicted octanol–water partition coefficient (Wildman–Crippen LogP) is 2.40. The summed E-state index contributed by atoms with van der Waals surface area (Å²) in [7, 11) is 0. The highest BCUT2D eigenvalue weighted by atomic mass is 16.6. The molecule has 0 radical (unpaired) electrons. The molecule has 2 aromatic carbocycles. The van der Waals surface area contributed by atoms with Gasteiger partial charge in [-0.15, -0.1) is 0 Å². The SMILES string of the molecule is O=C1C(=O)N(CCCn2ccnc2)C(c2cccc(O)c2)C1C(=O)c1ccc2c(c1)OCCO2. The van der Waals surface area contributed by atoms with Crippen LogP contribution in [0.4, 0.5) is 0 Å². The van der Waals surface area contributed by atoms with Gasteiger partial charge in [-0.2, -0.15) is 0 Å². The van der Waals surface area contributed by atoms with Crippen molar-refractivity contribution in [3.05, 3.63) is 72.3 Å². The van der Waals surface area contributed by atoms with E-state index in [2.05, 4.69) is 4.98 Å². The predicted molar refractivity (Wildman–Crippen MR) is 120 cm³/mol. The first-order valence-corrected chi connectivity index (χ1v) is 11.1. The highest BCUT2D eigenvalue weighted by Crippen LogP contribution is 2.40. The number of imidazole rings is 1. The summed E-state index contributed by atoms with van der Waals surface area (Å²) in [5, 5.41) is 10.1. The molecule has 9 nitrogen and oxygen atoms in total. The Morgan fingerprint density at radius 1 is 1.06 bits per heavy atom. The summed E-state index contributed by atoms with van der Waals surface area (Å²) in [5.41, 5.74) is 0.790. The molecule has 1 N–H and O–H groups in total. The lowest BCUT2D eigenvalue weighted by atomic mass is 9.86. The van der Waals surface area contributed by atoms with Gasteiger partial charge in [-0.05, 0) is 42.3 Å². The number of ether oxygens (including phenoxy) is 2. The molecule has 5 rings (SSSR count). The zero-order valence-corrected chi connectivity index (χ0v) is 18.3. The molecule has 34 heavy (non-hydrogen) atoms. The summed E-state index contributed by atoms with van der Waals surface area (Å²) in [5.74, 6) is -2.20. The van der Waals surface area contributed by atoms with Gasteiger partial charge < -0.3 is 24.0 Å². The molecule has 1 aromatic heterocycles. The van der Waals surface area contributed by atoms with Crippen LogP contribution in [-0.2, 0) is 16.1 Å². The van der Waals surface area contributed by atoms with Gasteiger partial charge >= 0.3 is 0 Å². The zero-order valence-electron chi connectivity index (χ0n) is 18.3. The Labute approximate surface area is 195 Å². The number of aryl methyl sites for hydroxylation is 1. The third-order valence-corrected chi connectivity index (χ3v) is 6.10. The van der Waals surface area contributed by atoms with Crippen LogP contribution >= 0.6 is 0 Å². The number of rotatable bonds is 7. The Balaban J connectivity index is 1.47. The number of hydrogen-bond donors (Lipinski definition) is 1. The lowest BCUT2D eigenvalue weighted by Gasteiger charge is -2.27. The number of carbonyl (C=O) groups excluding carboxylic acids is 3. The number of nitrogens with zero attached hydrogens (tertiary/aromatic N) is 3. The molecule has 2 unspecified atom stereocenters. The van der Waals surface area contributed by atoms with Gasteiger partial charge in [-0.3, -0.25) is 14.4 Å². The van der Waals surface area contributed by atoms with E-state index in [1.54, 1.807) is 42.9 Å². The van der Waals surface area contributed by atoms with Crippen LogP contribution < -0.4 is 9.47 Å². The number of aromatic hydroxyl groups is 1. The topological polar surface area (TPSA) is 111 Å². The third-order valence-electron chi connectivity index (χ3n) is 6.10. The van der Waals surface area contributed by atoms with Crippen molar-refractivity contribution < 1.29 is 29.0 Å². The summed E-state index contributed by atoms with van der Waals surface area (Å²) in [6.45, 7) is 1.66. The molecule has 0 bridgehead atoms. The fraction of sp³-hybridized carbons (Fsp3) is 0.280. The average molecular weight is 461 g/mol. The average Bonchev–Trinajstić information content (AvgIpc) is 3.45. The van der Waals surface area contributed by atoms with Crippen LogP contribution in [-0.4, -0.2) is 56.8 Å². The minimum absolute atomic E-state index is 0.00630. The lowest BCUT2D eigenvalue weighted by molar-refractivity contribution is -0.140. The number of phenols is 1. The summed E-state index contributed by atoms with van der Waals surface area (Å²) in [6.07, 6.45) is 5.73. The second-order valence-electron chi connectivity index (χ2n) is 8.26. The zero-order chi connectivity index (χ0) is 23.7. The Bertz CT molecular complexity index is 1240. The van der Waals surface area contributed by atoms with E-state index in [0.29, 0.717) is 43.2 Å². The molecule has 1 amide bonds. The van der Waals surface area contributed by atoms with Crippen molar-refractivity contribution in [1.29, 1.82) is 0 Å². The van der Waals surface area contributed by atoms with E-state index < -0.39 is 29.4 Å². The van der Waals surface area contributed by atoms with E-state index in [1.807, 2.05) is 10.8 Å². The number of Topliss-reactive ketones (excluding diaryl/α,β-unsaturated/α-hetero) is 2. The van der Waals surface area contributed by atoms with E-state index in [9.17, 15) is 19.5 Å². The van der Waals surface area contributed by atoms with E-state index in [-0.39, 0.29) is 17.9 Å². The molecule has 2 atom stereocenters. The summed E-state index contributed by atoms with van der Waals surface area (Å²) < 4.78 is 13.0. The molecule has 1 fully saturated rings. The molecule has 0 spiro atoms. The summed E-state index contributed by atoms with van der Waals surface area (Å²) >= 11 is 0. The monoisotopic (exact) mass is 461 g/mol. The van der Waals surface area contributed by atoms with Crippen molar-refractivity contribution in [2.75, 3.05) is 19.8 Å². The van der Waals surface area contributed by atoms with Crippen molar-refractivity contribution in [3.8, 4) is 17.2 Å². The number of amides is 1. The number of hydrogen-bond acceptors (Lipinski definition) is 7. The minimum atomic E-state index is -1.23. The first-order valence-electron chi connectivity index (χ1n) is 11.1. The molecule has 0 saturated carbocycles. The number of carbonyl (C=O) groups is 3. The van der Waals surface area contributed by atoms with Crippen molar-refractivity contribution in [2.24, 2.45) is 5.92 Å². The van der Waals surface area contributed by atoms with Crippen LogP contribution in [0.3, 0.4) is 0 Å². The van der Waals surface area contributed by atoms with Crippen molar-refractivity contribution in [2.45, 2.75) is 19.0 Å². The first-order chi connectivity index (χ1) is 16.5. The molecule has 1 saturated heterocycles. The summed E-state index contributed by atoms with van der Waals surface area (Å²) in [4.78, 5) is 45.2. The quantitative estimate of drug-likeness (QED) is 0.327. The van der Waals surface area contributed by atoms with Gasteiger partial charge in [0.25, 0.3) is 5.91 Å². The van der Waals surface area contributed by atoms with Crippen LogP contribution in [0.25, 0.3) is 0 Å². The Morgan fingerprint density at radius 2 is 1.88 bits per heavy atom. The number of benzene rings is 2. The molecule has 3 aromatic rings. The van der Waals surface area contributed by atoms with Gasteiger partial charge in [0.1, 0.15) is 24.9 Å². The highest BCUT2D eigenvalue weighted by Gasteiger charge is 2.51. The van der Waals surface area contributed by atoms with Gasteiger partial charge in [0.2, 0.25) is 5.78 Å². The van der Waals surface area contributed by atoms with Gasteiger partial charge in [0.05, 0.1) is 12.4 Å². The minimum Gasteiger partial charge on any atom is -0.508 e. The van der Waals surface area contributed by atoms with Crippen LogP contribution in [0, 0.1) is 5.92 Å².